The van der Waals surface area contributed by atoms with Crippen LogP contribution in [0.3, 0.4) is 0 Å². The molecule has 1 rings (SSSR count). The second-order valence-electron chi connectivity index (χ2n) is 2.52. The van der Waals surface area contributed by atoms with E-state index in [2.05, 4.69) is 5.32 Å². The molecule has 0 bridgehead atoms. The first-order valence-electron chi connectivity index (χ1n) is 3.93. The van der Waals surface area contributed by atoms with E-state index in [0.717, 1.165) is 5.69 Å². The van der Waals surface area contributed by atoms with Gasteiger partial charge in [-0.2, -0.15) is 0 Å². The number of carbonyl (C=O) groups excluding carboxylic acids is 1. The Kier molecular flexibility index (Phi) is 3.28. The van der Waals surface area contributed by atoms with Gasteiger partial charge in [0.05, 0.1) is 0 Å². The zero-order valence-corrected chi connectivity index (χ0v) is 7.41. The molecule has 0 fully saturated rings. The van der Waals surface area contributed by atoms with Gasteiger partial charge in [0.15, 0.2) is 0 Å². The molecular formula is C9H12N2O2. The molecule has 0 spiro atoms. The Morgan fingerprint density at radius 2 is 2.08 bits per heavy atom. The highest BCUT2D eigenvalue weighted by atomic mass is 16.5. The third-order valence-corrected chi connectivity index (χ3v) is 1.42. The SMILES string of the molecule is CC(=O)Nc1ccc(OCN)cc1. The monoisotopic (exact) mass is 180 g/mol. The lowest BCUT2D eigenvalue weighted by molar-refractivity contribution is -0.114. The van der Waals surface area contributed by atoms with Crippen LogP contribution in [0.1, 0.15) is 6.92 Å². The van der Waals surface area contributed by atoms with E-state index in [4.69, 9.17) is 10.5 Å². The second-order valence-corrected chi connectivity index (χ2v) is 2.52. The predicted octanol–water partition coefficient (Wildman–Crippen LogP) is 0.940. The number of anilines is 1. The van der Waals surface area contributed by atoms with Crippen LogP contribution < -0.4 is 15.8 Å². The summed E-state index contributed by atoms with van der Waals surface area (Å²) in [6.07, 6.45) is 0. The quantitative estimate of drug-likeness (QED) is 0.680. The van der Waals surface area contributed by atoms with E-state index in [9.17, 15) is 4.79 Å². The molecule has 0 aliphatic rings. The minimum Gasteiger partial charge on any atom is -0.479 e. The Bertz CT molecular complexity index is 282. The fourth-order valence-corrected chi connectivity index (χ4v) is 0.934. The van der Waals surface area contributed by atoms with Crippen LogP contribution in [0.15, 0.2) is 24.3 Å². The summed E-state index contributed by atoms with van der Waals surface area (Å²) < 4.78 is 5.03. The van der Waals surface area contributed by atoms with E-state index in [-0.39, 0.29) is 12.6 Å². The summed E-state index contributed by atoms with van der Waals surface area (Å²) in [6, 6.07) is 7.01. The first-order chi connectivity index (χ1) is 6.22. The summed E-state index contributed by atoms with van der Waals surface area (Å²) in [5, 5.41) is 2.65. The van der Waals surface area contributed by atoms with Crippen molar-refractivity contribution in [2.75, 3.05) is 12.0 Å². The van der Waals surface area contributed by atoms with Crippen molar-refractivity contribution in [3.63, 3.8) is 0 Å². The highest BCUT2D eigenvalue weighted by Gasteiger charge is 1.95. The molecule has 0 radical (unpaired) electrons. The topological polar surface area (TPSA) is 64.3 Å². The fourth-order valence-electron chi connectivity index (χ4n) is 0.934. The number of nitrogens with two attached hydrogens (primary N) is 1. The largest absolute Gasteiger partial charge is 0.479 e. The molecule has 0 unspecified atom stereocenters. The Morgan fingerprint density at radius 1 is 1.46 bits per heavy atom. The van der Waals surface area contributed by atoms with Gasteiger partial charge in [-0.15, -0.1) is 0 Å². The molecule has 70 valence electrons. The average Bonchev–Trinajstić information content (AvgIpc) is 2.08. The smallest absolute Gasteiger partial charge is 0.221 e. The van der Waals surface area contributed by atoms with E-state index >= 15 is 0 Å². The molecule has 1 aromatic carbocycles. The lowest BCUT2D eigenvalue weighted by atomic mass is 10.3. The number of amides is 1. The second kappa shape index (κ2) is 4.47. The maximum atomic E-state index is 10.7. The third-order valence-electron chi connectivity index (χ3n) is 1.42. The van der Waals surface area contributed by atoms with Gasteiger partial charge in [-0.3, -0.25) is 10.5 Å². The van der Waals surface area contributed by atoms with Crippen molar-refractivity contribution in [2.24, 2.45) is 5.73 Å². The molecule has 13 heavy (non-hydrogen) atoms. The zero-order valence-electron chi connectivity index (χ0n) is 7.41. The van der Waals surface area contributed by atoms with Crippen LogP contribution in [-0.4, -0.2) is 12.6 Å². The predicted molar refractivity (Wildman–Crippen MR) is 50.4 cm³/mol. The van der Waals surface area contributed by atoms with Gasteiger partial charge < -0.3 is 10.1 Å². The molecule has 1 aromatic rings. The molecule has 4 heteroatoms. The van der Waals surface area contributed by atoms with Crippen LogP contribution in [0.4, 0.5) is 5.69 Å². The molecule has 0 aliphatic heterocycles. The normalized spacial score (nSPS) is 9.38. The summed E-state index contributed by atoms with van der Waals surface area (Å²) in [6.45, 7) is 1.61. The highest BCUT2D eigenvalue weighted by molar-refractivity contribution is 5.88. The number of ether oxygens (including phenoxy) is 1. The van der Waals surface area contributed by atoms with Crippen LogP contribution in [0.5, 0.6) is 5.75 Å². The maximum Gasteiger partial charge on any atom is 0.221 e. The van der Waals surface area contributed by atoms with Gasteiger partial charge in [-0.1, -0.05) is 0 Å². The average molecular weight is 180 g/mol. The van der Waals surface area contributed by atoms with Crippen molar-refractivity contribution in [2.45, 2.75) is 6.92 Å². The van der Waals surface area contributed by atoms with Crippen LogP contribution in [-0.2, 0) is 4.79 Å². The van der Waals surface area contributed by atoms with Gasteiger partial charge in [0, 0.05) is 12.6 Å². The van der Waals surface area contributed by atoms with E-state index in [1.54, 1.807) is 24.3 Å². The summed E-state index contributed by atoms with van der Waals surface area (Å²) in [7, 11) is 0. The van der Waals surface area contributed by atoms with Crippen LogP contribution in [0, 0.1) is 0 Å². The van der Waals surface area contributed by atoms with E-state index in [0.29, 0.717) is 5.75 Å². The van der Waals surface area contributed by atoms with E-state index < -0.39 is 0 Å². The molecule has 0 atom stereocenters. The number of hydrogen-bond donors (Lipinski definition) is 2. The Morgan fingerprint density at radius 3 is 2.54 bits per heavy atom. The molecule has 1 amide bonds. The molecule has 0 saturated carbocycles. The summed E-state index contributed by atoms with van der Waals surface area (Å²) in [5.41, 5.74) is 5.93. The van der Waals surface area contributed by atoms with Crippen LogP contribution in [0.25, 0.3) is 0 Å². The van der Waals surface area contributed by atoms with Crippen LogP contribution >= 0.6 is 0 Å². The lowest BCUT2D eigenvalue weighted by Crippen LogP contribution is -2.08. The minimum atomic E-state index is -0.0903. The number of rotatable bonds is 3. The van der Waals surface area contributed by atoms with Crippen molar-refractivity contribution in [1.82, 2.24) is 0 Å². The van der Waals surface area contributed by atoms with Crippen molar-refractivity contribution in [3.8, 4) is 5.75 Å². The number of benzene rings is 1. The van der Waals surface area contributed by atoms with Gasteiger partial charge >= 0.3 is 0 Å². The lowest BCUT2D eigenvalue weighted by Gasteiger charge is -2.04. The summed E-state index contributed by atoms with van der Waals surface area (Å²) >= 11 is 0. The molecule has 4 nitrogen and oxygen atoms in total. The first-order valence-corrected chi connectivity index (χ1v) is 3.93. The van der Waals surface area contributed by atoms with Gasteiger partial charge in [0.2, 0.25) is 5.91 Å². The van der Waals surface area contributed by atoms with E-state index in [1.807, 2.05) is 0 Å². The number of nitrogens with one attached hydrogen (secondary N) is 1. The van der Waals surface area contributed by atoms with Crippen molar-refractivity contribution < 1.29 is 9.53 Å². The number of carbonyl (C=O) groups is 1. The third kappa shape index (κ3) is 3.13. The van der Waals surface area contributed by atoms with Gasteiger partial charge in [0.25, 0.3) is 0 Å². The van der Waals surface area contributed by atoms with Crippen molar-refractivity contribution >= 4 is 11.6 Å². The maximum absolute atomic E-state index is 10.7. The minimum absolute atomic E-state index is 0.0903. The van der Waals surface area contributed by atoms with Gasteiger partial charge in [-0.05, 0) is 24.3 Å². The molecule has 3 N–H and O–H groups in total. The molecule has 0 aromatic heterocycles. The Balaban J connectivity index is 2.64. The van der Waals surface area contributed by atoms with Gasteiger partial charge in [-0.25, -0.2) is 0 Å². The standard InChI is InChI=1S/C9H12N2O2/c1-7(12)11-8-2-4-9(5-3-8)13-6-10/h2-5H,6,10H2,1H3,(H,11,12). The molecular weight excluding hydrogens is 168 g/mol. The molecule has 0 saturated heterocycles. The fraction of sp³-hybridized carbons (Fsp3) is 0.222. The van der Waals surface area contributed by atoms with Crippen molar-refractivity contribution in [1.29, 1.82) is 0 Å². The van der Waals surface area contributed by atoms with Gasteiger partial charge in [0.1, 0.15) is 12.5 Å². The number of hydrogen-bond acceptors (Lipinski definition) is 3. The Labute approximate surface area is 76.7 Å². The zero-order chi connectivity index (χ0) is 9.68. The summed E-state index contributed by atoms with van der Waals surface area (Å²) in [4.78, 5) is 10.7. The molecule has 0 aliphatic carbocycles. The first kappa shape index (κ1) is 9.54. The van der Waals surface area contributed by atoms with Crippen molar-refractivity contribution in [3.05, 3.63) is 24.3 Å². The summed E-state index contributed by atoms with van der Waals surface area (Å²) in [5.74, 6) is 0.601. The van der Waals surface area contributed by atoms with E-state index in [1.165, 1.54) is 6.92 Å². The Hall–Kier alpha value is -1.55. The van der Waals surface area contributed by atoms with Crippen LogP contribution in [0.2, 0.25) is 0 Å². The highest BCUT2D eigenvalue weighted by Crippen LogP contribution is 2.14. The molecule has 0 heterocycles.